The van der Waals surface area contributed by atoms with Crippen molar-refractivity contribution in [2.75, 3.05) is 47.4 Å². The number of nitrogens with zero attached hydrogens (tertiary/aromatic N) is 2. The minimum absolute atomic E-state index is 0. The summed E-state index contributed by atoms with van der Waals surface area (Å²) in [7, 11) is 5.25. The number of rotatable bonds is 9. The van der Waals surface area contributed by atoms with Crippen LogP contribution in [0.1, 0.15) is 12.8 Å². The molecular formula is C13H27IN4O2. The van der Waals surface area contributed by atoms with Crippen LogP contribution >= 0.6 is 24.0 Å². The van der Waals surface area contributed by atoms with Crippen LogP contribution in [0.3, 0.4) is 0 Å². The first kappa shape index (κ1) is 21.5. The molecule has 0 aromatic rings. The number of halogens is 1. The summed E-state index contributed by atoms with van der Waals surface area (Å²) in [6.45, 7) is 5.81. The van der Waals surface area contributed by atoms with Gasteiger partial charge in [0.1, 0.15) is 0 Å². The average Bonchev–Trinajstić information content (AvgIpc) is 2.40. The van der Waals surface area contributed by atoms with Crippen LogP contribution in [0.4, 0.5) is 0 Å². The minimum atomic E-state index is -0.0716. The Bertz CT molecular complexity index is 298. The van der Waals surface area contributed by atoms with Crippen molar-refractivity contribution >= 4 is 35.8 Å². The van der Waals surface area contributed by atoms with E-state index in [0.29, 0.717) is 19.1 Å². The van der Waals surface area contributed by atoms with E-state index in [4.69, 9.17) is 4.74 Å². The lowest BCUT2D eigenvalue weighted by Gasteiger charge is -2.21. The first-order chi connectivity index (χ1) is 9.15. The number of hydrogen-bond acceptors (Lipinski definition) is 3. The van der Waals surface area contributed by atoms with Gasteiger partial charge >= 0.3 is 0 Å². The van der Waals surface area contributed by atoms with Gasteiger partial charge in [-0.15, -0.1) is 30.6 Å². The quantitative estimate of drug-likeness (QED) is 0.199. The zero-order chi connectivity index (χ0) is 14.5. The highest BCUT2D eigenvalue weighted by atomic mass is 127. The second-order valence-electron chi connectivity index (χ2n) is 4.10. The molecule has 0 spiro atoms. The Balaban J connectivity index is 0. The molecule has 0 heterocycles. The maximum atomic E-state index is 11.5. The Hall–Kier alpha value is -0.830. The van der Waals surface area contributed by atoms with E-state index < -0.39 is 0 Å². The van der Waals surface area contributed by atoms with E-state index in [9.17, 15) is 4.79 Å². The van der Waals surface area contributed by atoms with Gasteiger partial charge in [-0.2, -0.15) is 0 Å². The summed E-state index contributed by atoms with van der Waals surface area (Å²) in [5.74, 6) is 0.642. The summed E-state index contributed by atoms with van der Waals surface area (Å²) in [4.78, 5) is 17.6. The fraction of sp³-hybridized carbons (Fsp3) is 0.692. The van der Waals surface area contributed by atoms with Gasteiger partial charge in [0.05, 0.1) is 13.2 Å². The topological polar surface area (TPSA) is 66.0 Å². The lowest BCUT2D eigenvalue weighted by Crippen LogP contribution is -2.44. The fourth-order valence-corrected chi connectivity index (χ4v) is 1.48. The van der Waals surface area contributed by atoms with Crippen LogP contribution in [-0.2, 0) is 9.53 Å². The molecule has 0 aliphatic carbocycles. The number of nitrogens with one attached hydrogen (secondary N) is 2. The van der Waals surface area contributed by atoms with Crippen molar-refractivity contribution in [1.29, 1.82) is 0 Å². The van der Waals surface area contributed by atoms with E-state index in [1.165, 1.54) is 0 Å². The van der Waals surface area contributed by atoms with Crippen molar-refractivity contribution in [2.24, 2.45) is 4.99 Å². The molecule has 0 saturated carbocycles. The number of unbranched alkanes of at least 4 members (excludes halogenated alkanes) is 1. The van der Waals surface area contributed by atoms with Crippen LogP contribution in [-0.4, -0.2) is 64.2 Å². The second kappa shape index (κ2) is 14.6. The predicted molar refractivity (Wildman–Crippen MR) is 93.7 cm³/mol. The lowest BCUT2D eigenvalue weighted by molar-refractivity contribution is -0.120. The molecule has 0 aliphatic heterocycles. The Labute approximate surface area is 139 Å². The summed E-state index contributed by atoms with van der Waals surface area (Å²) in [6.07, 6.45) is 3.88. The molecule has 1 amide bonds. The molecular weight excluding hydrogens is 371 g/mol. The third kappa shape index (κ3) is 11.0. The SMILES string of the molecule is C=CCCCN(C)C(=NC)NCC(=O)NCCOC.I. The number of methoxy groups -OCH3 is 1. The molecule has 0 bridgehead atoms. The number of carbonyl (C=O) groups excluding carboxylic acids is 1. The highest BCUT2D eigenvalue weighted by Crippen LogP contribution is 1.93. The Kier molecular flexibility index (Phi) is 15.6. The van der Waals surface area contributed by atoms with Crippen LogP contribution in [0.25, 0.3) is 0 Å². The van der Waals surface area contributed by atoms with Crippen LogP contribution < -0.4 is 10.6 Å². The lowest BCUT2D eigenvalue weighted by atomic mass is 10.3. The molecule has 2 N–H and O–H groups in total. The average molecular weight is 398 g/mol. The predicted octanol–water partition coefficient (Wildman–Crippen LogP) is 0.840. The molecule has 20 heavy (non-hydrogen) atoms. The van der Waals surface area contributed by atoms with Crippen molar-refractivity contribution in [3.63, 3.8) is 0 Å². The highest BCUT2D eigenvalue weighted by Gasteiger charge is 2.07. The standard InChI is InChI=1S/C13H26N4O2.HI/c1-5-6-7-9-17(3)13(14-2)16-11-12(18)15-8-10-19-4;/h5H,1,6-11H2,2-4H3,(H,14,16)(H,15,18);1H. The molecule has 0 unspecified atom stereocenters. The molecule has 7 heteroatoms. The largest absolute Gasteiger partial charge is 0.383 e. The van der Waals surface area contributed by atoms with Gasteiger partial charge in [-0.05, 0) is 12.8 Å². The third-order valence-electron chi connectivity index (χ3n) is 2.51. The smallest absolute Gasteiger partial charge is 0.239 e. The molecule has 0 atom stereocenters. The van der Waals surface area contributed by atoms with Gasteiger partial charge in [-0.1, -0.05) is 6.08 Å². The number of carbonyl (C=O) groups is 1. The number of aliphatic imine (C=N–C) groups is 1. The van der Waals surface area contributed by atoms with Gasteiger partial charge in [-0.3, -0.25) is 9.79 Å². The first-order valence-electron chi connectivity index (χ1n) is 6.44. The first-order valence-corrected chi connectivity index (χ1v) is 6.44. The highest BCUT2D eigenvalue weighted by molar-refractivity contribution is 14.0. The Morgan fingerprint density at radius 3 is 2.70 bits per heavy atom. The fourth-order valence-electron chi connectivity index (χ4n) is 1.48. The zero-order valence-electron chi connectivity index (χ0n) is 12.6. The molecule has 0 aromatic heterocycles. The van der Waals surface area contributed by atoms with Crippen molar-refractivity contribution in [2.45, 2.75) is 12.8 Å². The molecule has 0 saturated heterocycles. The van der Waals surface area contributed by atoms with Crippen molar-refractivity contribution in [1.82, 2.24) is 15.5 Å². The Morgan fingerprint density at radius 1 is 1.45 bits per heavy atom. The van der Waals surface area contributed by atoms with Crippen molar-refractivity contribution in [3.8, 4) is 0 Å². The van der Waals surface area contributed by atoms with Crippen molar-refractivity contribution < 1.29 is 9.53 Å². The van der Waals surface area contributed by atoms with E-state index in [1.54, 1.807) is 14.2 Å². The number of hydrogen-bond donors (Lipinski definition) is 2. The summed E-state index contributed by atoms with van der Waals surface area (Å²) in [5, 5.41) is 5.76. The number of amides is 1. The zero-order valence-corrected chi connectivity index (χ0v) is 15.0. The van der Waals surface area contributed by atoms with Gasteiger partial charge in [0.15, 0.2) is 5.96 Å². The minimum Gasteiger partial charge on any atom is -0.383 e. The maximum Gasteiger partial charge on any atom is 0.239 e. The number of guanidine groups is 1. The molecule has 6 nitrogen and oxygen atoms in total. The van der Waals surface area contributed by atoms with Gasteiger partial charge in [0, 0.05) is 34.3 Å². The molecule has 0 aliphatic rings. The second-order valence-corrected chi connectivity index (χ2v) is 4.10. The maximum absolute atomic E-state index is 11.5. The van der Waals surface area contributed by atoms with Crippen LogP contribution in [0.5, 0.6) is 0 Å². The van der Waals surface area contributed by atoms with E-state index >= 15 is 0 Å². The molecule has 0 radical (unpaired) electrons. The number of ether oxygens (including phenoxy) is 1. The van der Waals surface area contributed by atoms with Crippen molar-refractivity contribution in [3.05, 3.63) is 12.7 Å². The van der Waals surface area contributed by atoms with Gasteiger partial charge in [-0.25, -0.2) is 0 Å². The normalized spacial score (nSPS) is 10.4. The van der Waals surface area contributed by atoms with Gasteiger partial charge in [0.25, 0.3) is 0 Å². The third-order valence-corrected chi connectivity index (χ3v) is 2.51. The van der Waals surface area contributed by atoms with E-state index in [2.05, 4.69) is 22.2 Å². The molecule has 0 fully saturated rings. The summed E-state index contributed by atoms with van der Waals surface area (Å²) >= 11 is 0. The van der Waals surface area contributed by atoms with E-state index in [-0.39, 0.29) is 36.4 Å². The molecule has 118 valence electrons. The van der Waals surface area contributed by atoms with Gasteiger partial charge < -0.3 is 20.3 Å². The van der Waals surface area contributed by atoms with E-state index in [1.807, 2.05) is 18.0 Å². The summed E-state index contributed by atoms with van der Waals surface area (Å²) in [5.41, 5.74) is 0. The molecule has 0 aromatic carbocycles. The monoisotopic (exact) mass is 398 g/mol. The Morgan fingerprint density at radius 2 is 2.15 bits per heavy atom. The molecule has 0 rings (SSSR count). The van der Waals surface area contributed by atoms with Crippen LogP contribution in [0.15, 0.2) is 17.6 Å². The summed E-state index contributed by atoms with van der Waals surface area (Å²) < 4.78 is 4.86. The summed E-state index contributed by atoms with van der Waals surface area (Å²) in [6, 6.07) is 0. The number of allylic oxidation sites excluding steroid dienone is 1. The van der Waals surface area contributed by atoms with Crippen LogP contribution in [0.2, 0.25) is 0 Å². The van der Waals surface area contributed by atoms with E-state index in [0.717, 1.165) is 19.4 Å². The van der Waals surface area contributed by atoms with Crippen LogP contribution in [0, 0.1) is 0 Å². The van der Waals surface area contributed by atoms with Gasteiger partial charge in [0.2, 0.25) is 5.91 Å².